The SMILES string of the molecule is O=C(c1cc(-c2cccs2)on1)N1CCC[C@@H]1Cn1cccn1. The van der Waals surface area contributed by atoms with Crippen molar-refractivity contribution in [1.29, 1.82) is 0 Å². The van der Waals surface area contributed by atoms with Crippen LogP contribution in [0.25, 0.3) is 10.6 Å². The van der Waals surface area contributed by atoms with E-state index in [0.29, 0.717) is 18.0 Å². The van der Waals surface area contributed by atoms with E-state index in [1.54, 1.807) is 23.6 Å². The van der Waals surface area contributed by atoms with E-state index >= 15 is 0 Å². The Bertz CT molecular complexity index is 779. The Kier molecular flexibility index (Phi) is 3.70. The maximum Gasteiger partial charge on any atom is 0.276 e. The second-order valence-corrected chi connectivity index (χ2v) is 6.52. The molecule has 0 radical (unpaired) electrons. The Labute approximate surface area is 137 Å². The lowest BCUT2D eigenvalue weighted by atomic mass is 10.2. The fraction of sp³-hybridized carbons (Fsp3) is 0.312. The van der Waals surface area contributed by atoms with E-state index in [0.717, 1.165) is 24.3 Å². The fourth-order valence-corrected chi connectivity index (χ4v) is 3.65. The van der Waals surface area contributed by atoms with Crippen LogP contribution in [0.1, 0.15) is 23.3 Å². The largest absolute Gasteiger partial charge is 0.355 e. The molecule has 1 atom stereocenters. The van der Waals surface area contributed by atoms with Crippen molar-refractivity contribution in [3.05, 3.63) is 47.7 Å². The summed E-state index contributed by atoms with van der Waals surface area (Å²) in [5.41, 5.74) is 0.376. The standard InChI is InChI=1S/C16H16N4O2S/c21-16(13-10-14(22-18-13)15-5-2-9-23-15)20-8-1-4-12(20)11-19-7-3-6-17-19/h2-3,5-7,9-10,12H,1,4,8,11H2/t12-/m1/s1. The second kappa shape index (κ2) is 6.00. The summed E-state index contributed by atoms with van der Waals surface area (Å²) in [7, 11) is 0. The van der Waals surface area contributed by atoms with E-state index in [-0.39, 0.29) is 11.9 Å². The van der Waals surface area contributed by atoms with Gasteiger partial charge in [0.2, 0.25) is 0 Å². The lowest BCUT2D eigenvalue weighted by Crippen LogP contribution is -2.38. The normalized spacial score (nSPS) is 17.7. The molecule has 3 aromatic rings. The molecule has 1 aliphatic rings. The van der Waals surface area contributed by atoms with Gasteiger partial charge in [-0.3, -0.25) is 9.48 Å². The zero-order valence-corrected chi connectivity index (χ0v) is 13.3. The van der Waals surface area contributed by atoms with Crippen molar-refractivity contribution in [2.24, 2.45) is 0 Å². The minimum Gasteiger partial charge on any atom is -0.355 e. The Morgan fingerprint density at radius 1 is 1.43 bits per heavy atom. The molecule has 118 valence electrons. The van der Waals surface area contributed by atoms with Gasteiger partial charge in [0.15, 0.2) is 11.5 Å². The molecule has 0 bridgehead atoms. The summed E-state index contributed by atoms with van der Waals surface area (Å²) in [5, 5.41) is 10.2. The maximum absolute atomic E-state index is 12.7. The third-order valence-electron chi connectivity index (χ3n) is 4.09. The molecule has 4 heterocycles. The van der Waals surface area contributed by atoms with Gasteiger partial charge < -0.3 is 9.42 Å². The molecule has 1 fully saturated rings. The van der Waals surface area contributed by atoms with Gasteiger partial charge in [0, 0.05) is 25.0 Å². The molecule has 0 unspecified atom stereocenters. The molecule has 1 aliphatic heterocycles. The summed E-state index contributed by atoms with van der Waals surface area (Å²) >= 11 is 1.57. The van der Waals surface area contributed by atoms with E-state index in [4.69, 9.17) is 4.52 Å². The average Bonchev–Trinajstić information content (AvgIpc) is 3.33. The van der Waals surface area contributed by atoms with Gasteiger partial charge in [-0.1, -0.05) is 11.2 Å². The fourth-order valence-electron chi connectivity index (χ4n) is 2.98. The van der Waals surface area contributed by atoms with Crippen molar-refractivity contribution in [2.45, 2.75) is 25.4 Å². The van der Waals surface area contributed by atoms with Crippen LogP contribution in [0, 0.1) is 0 Å². The highest BCUT2D eigenvalue weighted by molar-refractivity contribution is 7.13. The summed E-state index contributed by atoms with van der Waals surface area (Å²) in [6.45, 7) is 1.47. The Morgan fingerprint density at radius 3 is 3.17 bits per heavy atom. The van der Waals surface area contributed by atoms with Crippen LogP contribution in [0.3, 0.4) is 0 Å². The van der Waals surface area contributed by atoms with Crippen LogP contribution < -0.4 is 0 Å². The zero-order chi connectivity index (χ0) is 15.6. The minimum atomic E-state index is -0.0637. The molecule has 0 aliphatic carbocycles. The van der Waals surface area contributed by atoms with E-state index in [1.807, 2.05) is 39.4 Å². The predicted octanol–water partition coefficient (Wildman–Crippen LogP) is 2.90. The van der Waals surface area contributed by atoms with Crippen molar-refractivity contribution in [1.82, 2.24) is 19.8 Å². The highest BCUT2D eigenvalue weighted by Crippen LogP contribution is 2.27. The molecule has 4 rings (SSSR count). The highest BCUT2D eigenvalue weighted by atomic mass is 32.1. The van der Waals surface area contributed by atoms with Gasteiger partial charge in [-0.25, -0.2) is 0 Å². The molecule has 1 amide bonds. The van der Waals surface area contributed by atoms with Gasteiger partial charge in [0.05, 0.1) is 17.5 Å². The third kappa shape index (κ3) is 2.79. The Morgan fingerprint density at radius 2 is 2.39 bits per heavy atom. The molecule has 0 aromatic carbocycles. The molecule has 0 N–H and O–H groups in total. The molecule has 1 saturated heterocycles. The summed E-state index contributed by atoms with van der Waals surface area (Å²) in [6.07, 6.45) is 5.67. The number of carbonyl (C=O) groups excluding carboxylic acids is 1. The number of nitrogens with zero attached hydrogens (tertiary/aromatic N) is 4. The first kappa shape index (κ1) is 14.2. The molecule has 0 spiro atoms. The van der Waals surface area contributed by atoms with E-state index in [2.05, 4.69) is 10.3 Å². The number of hydrogen-bond donors (Lipinski definition) is 0. The van der Waals surface area contributed by atoms with E-state index in [9.17, 15) is 4.79 Å². The Hall–Kier alpha value is -2.41. The first-order valence-corrected chi connectivity index (χ1v) is 8.48. The number of rotatable bonds is 4. The minimum absolute atomic E-state index is 0.0637. The van der Waals surface area contributed by atoms with Crippen molar-refractivity contribution < 1.29 is 9.32 Å². The monoisotopic (exact) mass is 328 g/mol. The first-order chi connectivity index (χ1) is 11.3. The van der Waals surface area contributed by atoms with Crippen molar-refractivity contribution in [2.75, 3.05) is 6.54 Å². The van der Waals surface area contributed by atoms with Crippen LogP contribution >= 0.6 is 11.3 Å². The van der Waals surface area contributed by atoms with Gasteiger partial charge in [0.1, 0.15) is 0 Å². The molecule has 3 aromatic heterocycles. The van der Waals surface area contributed by atoms with Gasteiger partial charge in [-0.2, -0.15) is 5.10 Å². The Balaban J connectivity index is 1.51. The van der Waals surface area contributed by atoms with Crippen LogP contribution in [0.4, 0.5) is 0 Å². The first-order valence-electron chi connectivity index (χ1n) is 7.60. The second-order valence-electron chi connectivity index (χ2n) is 5.58. The van der Waals surface area contributed by atoms with Gasteiger partial charge in [-0.15, -0.1) is 11.3 Å². The van der Waals surface area contributed by atoms with E-state index < -0.39 is 0 Å². The van der Waals surface area contributed by atoms with Gasteiger partial charge >= 0.3 is 0 Å². The van der Waals surface area contributed by atoms with Gasteiger partial charge in [0.25, 0.3) is 5.91 Å². The molecule has 7 heteroatoms. The lowest BCUT2D eigenvalue weighted by Gasteiger charge is -2.23. The summed E-state index contributed by atoms with van der Waals surface area (Å²) < 4.78 is 7.20. The van der Waals surface area contributed by atoms with E-state index in [1.165, 1.54) is 0 Å². The number of thiophene rings is 1. The summed E-state index contributed by atoms with van der Waals surface area (Å²) in [5.74, 6) is 0.581. The maximum atomic E-state index is 12.7. The topological polar surface area (TPSA) is 64.2 Å². The summed E-state index contributed by atoms with van der Waals surface area (Å²) in [4.78, 5) is 15.6. The van der Waals surface area contributed by atoms with Crippen LogP contribution in [-0.4, -0.2) is 38.3 Å². The van der Waals surface area contributed by atoms with Crippen LogP contribution in [0.5, 0.6) is 0 Å². The molecule has 0 saturated carbocycles. The number of carbonyl (C=O) groups is 1. The van der Waals surface area contributed by atoms with Crippen LogP contribution in [-0.2, 0) is 6.54 Å². The number of hydrogen-bond acceptors (Lipinski definition) is 5. The van der Waals surface area contributed by atoms with Crippen LogP contribution in [0.15, 0.2) is 46.6 Å². The quantitative estimate of drug-likeness (QED) is 0.739. The van der Waals surface area contributed by atoms with Crippen molar-refractivity contribution >= 4 is 17.2 Å². The smallest absolute Gasteiger partial charge is 0.276 e. The zero-order valence-electron chi connectivity index (χ0n) is 12.5. The lowest BCUT2D eigenvalue weighted by molar-refractivity contribution is 0.0711. The number of aromatic nitrogens is 3. The van der Waals surface area contributed by atoms with Gasteiger partial charge in [-0.05, 0) is 30.4 Å². The molecular formula is C16H16N4O2S. The van der Waals surface area contributed by atoms with Crippen molar-refractivity contribution in [3.8, 4) is 10.6 Å². The molecular weight excluding hydrogens is 312 g/mol. The predicted molar refractivity (Wildman–Crippen MR) is 86.1 cm³/mol. The third-order valence-corrected chi connectivity index (χ3v) is 4.97. The number of likely N-dealkylation sites (tertiary alicyclic amines) is 1. The molecule has 23 heavy (non-hydrogen) atoms. The molecule has 6 nitrogen and oxygen atoms in total. The van der Waals surface area contributed by atoms with Crippen LogP contribution in [0.2, 0.25) is 0 Å². The highest BCUT2D eigenvalue weighted by Gasteiger charge is 2.31. The van der Waals surface area contributed by atoms with Crippen molar-refractivity contribution in [3.63, 3.8) is 0 Å². The average molecular weight is 328 g/mol. The summed E-state index contributed by atoms with van der Waals surface area (Å²) in [6, 6.07) is 7.69. The number of amides is 1.